The number of piperazine rings is 1. The first-order chi connectivity index (χ1) is 14.7. The number of hydrogen-bond donors (Lipinski definition) is 2. The highest BCUT2D eigenvalue weighted by Crippen LogP contribution is 2.34. The average molecular weight is 441 g/mol. The van der Waals surface area contributed by atoms with Gasteiger partial charge in [-0.1, -0.05) is 12.1 Å². The van der Waals surface area contributed by atoms with Gasteiger partial charge < -0.3 is 20.4 Å². The molecule has 1 aromatic rings. The molecule has 2 saturated heterocycles. The van der Waals surface area contributed by atoms with Crippen molar-refractivity contribution in [3.05, 3.63) is 29.8 Å². The van der Waals surface area contributed by atoms with Crippen LogP contribution in [0.3, 0.4) is 0 Å². The van der Waals surface area contributed by atoms with Crippen LogP contribution in [0, 0.1) is 0 Å². The molecule has 31 heavy (non-hydrogen) atoms. The number of para-hydroxylation sites is 1. The molecule has 0 spiro atoms. The van der Waals surface area contributed by atoms with Crippen molar-refractivity contribution in [2.75, 3.05) is 57.7 Å². The van der Waals surface area contributed by atoms with Crippen molar-refractivity contribution in [1.29, 1.82) is 0 Å². The van der Waals surface area contributed by atoms with Crippen LogP contribution < -0.4 is 10.6 Å². The molecule has 2 N–H and O–H groups in total. The number of urea groups is 1. The summed E-state index contributed by atoms with van der Waals surface area (Å²) in [6.07, 6.45) is -2.59. The Labute approximate surface area is 178 Å². The Kier molecular flexibility index (Phi) is 7.37. The molecule has 4 amide bonds. The molecular weight excluding hydrogens is 415 g/mol. The number of carbonyl (C=O) groups is 3. The van der Waals surface area contributed by atoms with Crippen LogP contribution in [0.5, 0.6) is 0 Å². The molecule has 2 fully saturated rings. The first-order valence-corrected chi connectivity index (χ1v) is 10.2. The van der Waals surface area contributed by atoms with Gasteiger partial charge in [-0.25, -0.2) is 4.79 Å². The minimum absolute atomic E-state index is 0.0416. The molecule has 11 heteroatoms. The Hall–Kier alpha value is -2.82. The summed E-state index contributed by atoms with van der Waals surface area (Å²) < 4.78 is 39.1. The monoisotopic (exact) mass is 441 g/mol. The van der Waals surface area contributed by atoms with Gasteiger partial charge in [-0.3, -0.25) is 14.5 Å². The summed E-state index contributed by atoms with van der Waals surface area (Å²) in [5.74, 6) is -0.647. The number of anilines is 1. The van der Waals surface area contributed by atoms with Crippen molar-refractivity contribution >= 4 is 23.5 Å². The topological polar surface area (TPSA) is 85.0 Å². The molecule has 0 radical (unpaired) electrons. The Balaban J connectivity index is 1.41. The summed E-state index contributed by atoms with van der Waals surface area (Å²) in [5, 5.41) is 4.95. The third-order valence-corrected chi connectivity index (χ3v) is 5.38. The maximum absolute atomic E-state index is 13.0. The number of halogens is 3. The van der Waals surface area contributed by atoms with Crippen molar-refractivity contribution in [3.63, 3.8) is 0 Å². The minimum atomic E-state index is -4.56. The van der Waals surface area contributed by atoms with Crippen LogP contribution in [0.4, 0.5) is 23.7 Å². The normalized spacial score (nSPS) is 17.5. The van der Waals surface area contributed by atoms with Gasteiger partial charge in [0.2, 0.25) is 11.8 Å². The second-order valence-corrected chi connectivity index (χ2v) is 7.60. The summed E-state index contributed by atoms with van der Waals surface area (Å²) in [6.45, 7) is 2.86. The summed E-state index contributed by atoms with van der Waals surface area (Å²) in [6, 6.07) is 4.49. The SMILES string of the molecule is O=C(CN1CCN(C(=O)NCC(=O)N2CCCC2)CC1)Nc1ccccc1C(F)(F)F. The minimum Gasteiger partial charge on any atom is -0.341 e. The molecule has 0 aliphatic carbocycles. The smallest absolute Gasteiger partial charge is 0.341 e. The fraction of sp³-hybridized carbons (Fsp3) is 0.550. The Morgan fingerprint density at radius 1 is 0.903 bits per heavy atom. The maximum atomic E-state index is 13.0. The highest BCUT2D eigenvalue weighted by molar-refractivity contribution is 5.93. The van der Waals surface area contributed by atoms with E-state index in [9.17, 15) is 27.6 Å². The first kappa shape index (κ1) is 22.9. The number of benzene rings is 1. The van der Waals surface area contributed by atoms with Gasteiger partial charge in [0.25, 0.3) is 0 Å². The number of nitrogens with one attached hydrogen (secondary N) is 2. The van der Waals surface area contributed by atoms with Crippen molar-refractivity contribution < 1.29 is 27.6 Å². The van der Waals surface area contributed by atoms with Crippen molar-refractivity contribution in [3.8, 4) is 0 Å². The molecule has 2 aliphatic rings. The van der Waals surface area contributed by atoms with Crippen LogP contribution in [-0.2, 0) is 15.8 Å². The summed E-state index contributed by atoms with van der Waals surface area (Å²) in [4.78, 5) is 41.6. The second-order valence-electron chi connectivity index (χ2n) is 7.60. The summed E-state index contributed by atoms with van der Waals surface area (Å²) in [5.41, 5.74) is -1.17. The Morgan fingerprint density at radius 3 is 2.19 bits per heavy atom. The lowest BCUT2D eigenvalue weighted by molar-refractivity contribution is -0.137. The van der Waals surface area contributed by atoms with E-state index in [0.717, 1.165) is 32.0 Å². The van der Waals surface area contributed by atoms with Gasteiger partial charge >= 0.3 is 12.2 Å². The fourth-order valence-electron chi connectivity index (χ4n) is 3.68. The van der Waals surface area contributed by atoms with E-state index in [-0.39, 0.29) is 30.7 Å². The molecule has 170 valence electrons. The third kappa shape index (κ3) is 6.33. The largest absolute Gasteiger partial charge is 0.418 e. The highest BCUT2D eigenvalue weighted by atomic mass is 19.4. The second kappa shape index (κ2) is 9.99. The predicted molar refractivity (Wildman–Crippen MR) is 107 cm³/mol. The van der Waals surface area contributed by atoms with Crippen LogP contribution in [0.15, 0.2) is 24.3 Å². The lowest BCUT2D eigenvalue weighted by atomic mass is 10.1. The zero-order valence-electron chi connectivity index (χ0n) is 17.1. The lowest BCUT2D eigenvalue weighted by Crippen LogP contribution is -2.54. The van der Waals surface area contributed by atoms with Crippen LogP contribution in [0.1, 0.15) is 18.4 Å². The molecule has 0 saturated carbocycles. The standard InChI is InChI=1S/C20H26F3N5O3/c21-20(22,23)15-5-1-2-6-16(15)25-17(29)14-26-9-11-28(12-10-26)19(31)24-13-18(30)27-7-3-4-8-27/h1-2,5-6H,3-4,7-14H2,(H,24,31)(H,25,29). The molecule has 3 rings (SSSR count). The summed E-state index contributed by atoms with van der Waals surface area (Å²) in [7, 11) is 0. The van der Waals surface area contributed by atoms with E-state index in [1.165, 1.54) is 18.2 Å². The van der Waals surface area contributed by atoms with E-state index in [2.05, 4.69) is 10.6 Å². The molecule has 8 nitrogen and oxygen atoms in total. The van der Waals surface area contributed by atoms with Crippen molar-refractivity contribution in [2.45, 2.75) is 19.0 Å². The lowest BCUT2D eigenvalue weighted by Gasteiger charge is -2.34. The first-order valence-electron chi connectivity index (χ1n) is 10.2. The molecule has 0 unspecified atom stereocenters. The molecule has 2 aliphatic heterocycles. The number of carbonyl (C=O) groups excluding carboxylic acids is 3. The van der Waals surface area contributed by atoms with E-state index in [0.29, 0.717) is 26.2 Å². The van der Waals surface area contributed by atoms with Gasteiger partial charge in [0.05, 0.1) is 24.3 Å². The van der Waals surface area contributed by atoms with E-state index in [1.54, 1.807) is 14.7 Å². The van der Waals surface area contributed by atoms with Gasteiger partial charge in [-0.15, -0.1) is 0 Å². The van der Waals surface area contributed by atoms with Gasteiger partial charge in [0.1, 0.15) is 0 Å². The number of hydrogen-bond acceptors (Lipinski definition) is 4. The number of likely N-dealkylation sites (tertiary alicyclic amines) is 1. The summed E-state index contributed by atoms with van der Waals surface area (Å²) >= 11 is 0. The maximum Gasteiger partial charge on any atom is 0.418 e. The zero-order valence-corrected chi connectivity index (χ0v) is 17.1. The fourth-order valence-corrected chi connectivity index (χ4v) is 3.68. The molecule has 0 bridgehead atoms. The molecule has 1 aromatic carbocycles. The van der Waals surface area contributed by atoms with Crippen LogP contribution in [0.25, 0.3) is 0 Å². The van der Waals surface area contributed by atoms with E-state index >= 15 is 0 Å². The molecule has 0 atom stereocenters. The zero-order chi connectivity index (χ0) is 22.4. The van der Waals surface area contributed by atoms with Crippen LogP contribution in [-0.4, -0.2) is 84.9 Å². The van der Waals surface area contributed by atoms with Gasteiger partial charge in [-0.2, -0.15) is 13.2 Å². The average Bonchev–Trinajstić information content (AvgIpc) is 3.27. The van der Waals surface area contributed by atoms with E-state index in [4.69, 9.17) is 0 Å². The van der Waals surface area contributed by atoms with Crippen molar-refractivity contribution in [2.24, 2.45) is 0 Å². The molecule has 0 aromatic heterocycles. The number of alkyl halides is 3. The van der Waals surface area contributed by atoms with Gasteiger partial charge in [0, 0.05) is 39.3 Å². The van der Waals surface area contributed by atoms with Crippen LogP contribution >= 0.6 is 0 Å². The Bertz CT molecular complexity index is 803. The quantitative estimate of drug-likeness (QED) is 0.727. The van der Waals surface area contributed by atoms with Crippen molar-refractivity contribution in [1.82, 2.24) is 20.0 Å². The molecular formula is C20H26F3N5O3. The van der Waals surface area contributed by atoms with Gasteiger partial charge in [-0.05, 0) is 25.0 Å². The number of rotatable bonds is 5. The van der Waals surface area contributed by atoms with Crippen LogP contribution in [0.2, 0.25) is 0 Å². The Morgan fingerprint density at radius 2 is 1.55 bits per heavy atom. The molecule has 2 heterocycles. The van der Waals surface area contributed by atoms with Gasteiger partial charge in [0.15, 0.2) is 0 Å². The number of nitrogens with zero attached hydrogens (tertiary/aromatic N) is 3. The third-order valence-electron chi connectivity index (χ3n) is 5.38. The number of amides is 4. The predicted octanol–water partition coefficient (Wildman–Crippen LogP) is 1.59. The van der Waals surface area contributed by atoms with E-state index in [1.807, 2.05) is 0 Å². The highest BCUT2D eigenvalue weighted by Gasteiger charge is 2.33. The van der Waals surface area contributed by atoms with E-state index < -0.39 is 17.6 Å².